The third-order valence-corrected chi connectivity index (χ3v) is 11.4. The van der Waals surface area contributed by atoms with E-state index in [2.05, 4.69) is 41.5 Å². The minimum Gasteiger partial charge on any atom is -0.468 e. The molecule has 0 aliphatic heterocycles. The van der Waals surface area contributed by atoms with Gasteiger partial charge in [-0.3, -0.25) is 9.59 Å². The lowest BCUT2D eigenvalue weighted by atomic mass is 10.0. The number of methoxy groups -OCH3 is 1. The Bertz CT molecular complexity index is 382. The third kappa shape index (κ3) is 3.62. The second-order valence-electron chi connectivity index (χ2n) is 7.38. The first-order valence-electron chi connectivity index (χ1n) is 8.43. The van der Waals surface area contributed by atoms with E-state index in [1.54, 1.807) is 0 Å². The van der Waals surface area contributed by atoms with Crippen molar-refractivity contribution in [3.05, 3.63) is 0 Å². The van der Waals surface area contributed by atoms with Gasteiger partial charge >= 0.3 is 5.97 Å². The molecular weight excluding hydrogens is 296 g/mol. The van der Waals surface area contributed by atoms with Gasteiger partial charge in [0.1, 0.15) is 5.92 Å². The molecule has 128 valence electrons. The van der Waals surface area contributed by atoms with E-state index in [4.69, 9.17) is 9.16 Å². The second kappa shape index (κ2) is 7.73. The van der Waals surface area contributed by atoms with Crippen LogP contribution in [0.25, 0.3) is 0 Å². The van der Waals surface area contributed by atoms with E-state index in [0.29, 0.717) is 29.7 Å². The van der Waals surface area contributed by atoms with Gasteiger partial charge in [-0.25, -0.2) is 0 Å². The monoisotopic (exact) mass is 328 g/mol. The van der Waals surface area contributed by atoms with Crippen molar-refractivity contribution in [2.75, 3.05) is 13.7 Å². The summed E-state index contributed by atoms with van der Waals surface area (Å²) < 4.78 is 11.2. The first-order chi connectivity index (χ1) is 10.2. The van der Waals surface area contributed by atoms with Gasteiger partial charge < -0.3 is 9.16 Å². The van der Waals surface area contributed by atoms with Crippen LogP contribution in [0.3, 0.4) is 0 Å². The van der Waals surface area contributed by atoms with Crippen molar-refractivity contribution >= 4 is 20.1 Å². The molecule has 1 saturated carbocycles. The van der Waals surface area contributed by atoms with E-state index in [-0.39, 0.29) is 11.7 Å². The van der Waals surface area contributed by atoms with E-state index >= 15 is 0 Å². The molecule has 1 rings (SSSR count). The SMILES string of the molecule is COC(=O)C1CCC(CO[Si](C(C)C)(C(C)C)C(C)C)C1=O. The highest BCUT2D eigenvalue weighted by Crippen LogP contribution is 2.43. The highest BCUT2D eigenvalue weighted by molar-refractivity contribution is 6.77. The van der Waals surface area contributed by atoms with Gasteiger partial charge in [-0.2, -0.15) is 0 Å². The maximum absolute atomic E-state index is 12.4. The van der Waals surface area contributed by atoms with Crippen LogP contribution < -0.4 is 0 Å². The molecule has 2 unspecified atom stereocenters. The molecule has 1 fully saturated rings. The smallest absolute Gasteiger partial charge is 0.316 e. The maximum Gasteiger partial charge on any atom is 0.316 e. The zero-order valence-corrected chi connectivity index (χ0v) is 16.1. The molecule has 0 spiro atoms. The lowest BCUT2D eigenvalue weighted by molar-refractivity contribution is -0.148. The Morgan fingerprint density at radius 1 is 1.09 bits per heavy atom. The van der Waals surface area contributed by atoms with Crippen LogP contribution in [0.4, 0.5) is 0 Å². The van der Waals surface area contributed by atoms with E-state index in [9.17, 15) is 9.59 Å². The van der Waals surface area contributed by atoms with Crippen LogP contribution in [-0.4, -0.2) is 33.8 Å². The molecule has 0 bridgehead atoms. The van der Waals surface area contributed by atoms with Crippen LogP contribution in [0.2, 0.25) is 16.6 Å². The van der Waals surface area contributed by atoms with Crippen molar-refractivity contribution in [2.24, 2.45) is 11.8 Å². The van der Waals surface area contributed by atoms with Crippen LogP contribution >= 0.6 is 0 Å². The zero-order valence-electron chi connectivity index (χ0n) is 15.1. The topological polar surface area (TPSA) is 52.6 Å². The molecule has 0 N–H and O–H groups in total. The van der Waals surface area contributed by atoms with Gasteiger partial charge in [0.25, 0.3) is 0 Å². The summed E-state index contributed by atoms with van der Waals surface area (Å²) in [5.74, 6) is -1.11. The normalized spacial score (nSPS) is 22.9. The van der Waals surface area contributed by atoms with Crippen LogP contribution in [0.15, 0.2) is 0 Å². The molecule has 0 saturated heterocycles. The summed E-state index contributed by atoms with van der Waals surface area (Å²) >= 11 is 0. The van der Waals surface area contributed by atoms with Crippen molar-refractivity contribution in [2.45, 2.75) is 71.0 Å². The van der Waals surface area contributed by atoms with Gasteiger partial charge in [0.15, 0.2) is 14.1 Å². The van der Waals surface area contributed by atoms with Crippen molar-refractivity contribution in [1.82, 2.24) is 0 Å². The number of ether oxygens (including phenoxy) is 1. The predicted molar refractivity (Wildman–Crippen MR) is 90.2 cm³/mol. The number of hydrogen-bond acceptors (Lipinski definition) is 4. The van der Waals surface area contributed by atoms with Crippen molar-refractivity contribution in [1.29, 1.82) is 0 Å². The Balaban J connectivity index is 2.79. The number of esters is 1. The average Bonchev–Trinajstić information content (AvgIpc) is 2.79. The quantitative estimate of drug-likeness (QED) is 0.403. The summed E-state index contributed by atoms with van der Waals surface area (Å²) in [4.78, 5) is 24.0. The standard InChI is InChI=1S/C17H32O4Si/c1-11(2)22(12(3)4,13(5)6)21-10-14-8-9-15(16(14)18)17(19)20-7/h11-15H,8-10H2,1-7H3. The van der Waals surface area contributed by atoms with Gasteiger partial charge in [-0.1, -0.05) is 41.5 Å². The second-order valence-corrected chi connectivity index (χ2v) is 12.8. The Morgan fingerprint density at radius 2 is 1.59 bits per heavy atom. The van der Waals surface area contributed by atoms with E-state index in [1.807, 2.05) is 0 Å². The van der Waals surface area contributed by atoms with Gasteiger partial charge in [0, 0.05) is 12.5 Å². The molecular formula is C17H32O4Si. The summed E-state index contributed by atoms with van der Waals surface area (Å²) in [7, 11) is -0.610. The lowest BCUT2D eigenvalue weighted by Gasteiger charge is -2.42. The number of carbonyl (C=O) groups excluding carboxylic acids is 2. The Hall–Kier alpha value is -0.683. The molecule has 4 nitrogen and oxygen atoms in total. The van der Waals surface area contributed by atoms with Crippen LogP contribution in [-0.2, 0) is 18.8 Å². The Morgan fingerprint density at radius 3 is 2.00 bits per heavy atom. The maximum atomic E-state index is 12.4. The molecule has 1 aliphatic carbocycles. The van der Waals surface area contributed by atoms with Crippen molar-refractivity contribution < 1.29 is 18.8 Å². The number of ketones is 1. The van der Waals surface area contributed by atoms with Crippen molar-refractivity contribution in [3.8, 4) is 0 Å². The summed E-state index contributed by atoms with van der Waals surface area (Å²) in [6, 6.07) is 0. The number of Topliss-reactive ketones (excluding diaryl/α,β-unsaturated/α-hetero) is 1. The third-order valence-electron chi connectivity index (χ3n) is 5.28. The molecule has 2 atom stereocenters. The van der Waals surface area contributed by atoms with E-state index in [1.165, 1.54) is 7.11 Å². The Kier molecular flexibility index (Phi) is 6.80. The molecule has 0 aromatic carbocycles. The first-order valence-corrected chi connectivity index (χ1v) is 10.6. The zero-order chi connectivity index (χ0) is 17.1. The predicted octanol–water partition coefficient (Wildman–Crippen LogP) is 3.95. The summed E-state index contributed by atoms with van der Waals surface area (Å²) in [6.07, 6.45) is 1.33. The first kappa shape index (κ1) is 19.4. The van der Waals surface area contributed by atoms with Gasteiger partial charge in [-0.15, -0.1) is 0 Å². The highest BCUT2D eigenvalue weighted by atomic mass is 28.4. The molecule has 0 aromatic rings. The summed E-state index contributed by atoms with van der Waals surface area (Å²) in [6.45, 7) is 13.9. The average molecular weight is 329 g/mol. The van der Waals surface area contributed by atoms with Crippen LogP contribution in [0, 0.1) is 11.8 Å². The van der Waals surface area contributed by atoms with E-state index < -0.39 is 20.2 Å². The molecule has 22 heavy (non-hydrogen) atoms. The Labute approximate surface area is 136 Å². The van der Waals surface area contributed by atoms with Gasteiger partial charge in [-0.05, 0) is 29.5 Å². The van der Waals surface area contributed by atoms with Crippen LogP contribution in [0.1, 0.15) is 54.4 Å². The fourth-order valence-electron chi connectivity index (χ4n) is 4.22. The van der Waals surface area contributed by atoms with Gasteiger partial charge in [0.2, 0.25) is 0 Å². The number of carbonyl (C=O) groups is 2. The largest absolute Gasteiger partial charge is 0.468 e. The summed E-state index contributed by atoms with van der Waals surface area (Å²) in [5, 5.41) is 0. The highest BCUT2D eigenvalue weighted by Gasteiger charge is 2.47. The van der Waals surface area contributed by atoms with Crippen molar-refractivity contribution in [3.63, 3.8) is 0 Å². The summed E-state index contributed by atoms with van der Waals surface area (Å²) in [5.41, 5.74) is 1.50. The number of hydrogen-bond donors (Lipinski definition) is 0. The molecule has 5 heteroatoms. The van der Waals surface area contributed by atoms with Gasteiger partial charge in [0.05, 0.1) is 7.11 Å². The minimum atomic E-state index is -1.95. The van der Waals surface area contributed by atoms with E-state index in [0.717, 1.165) is 6.42 Å². The molecule has 0 radical (unpaired) electrons. The molecule has 0 amide bonds. The number of rotatable bonds is 7. The minimum absolute atomic E-state index is 0.00557. The van der Waals surface area contributed by atoms with Crippen LogP contribution in [0.5, 0.6) is 0 Å². The molecule has 1 aliphatic rings. The molecule has 0 heterocycles. The lowest BCUT2D eigenvalue weighted by Crippen LogP contribution is -2.49. The fraction of sp³-hybridized carbons (Fsp3) is 0.882. The molecule has 0 aromatic heterocycles. The fourth-order valence-corrected chi connectivity index (χ4v) is 9.71.